The molecule has 0 aromatic heterocycles. The number of allylic oxidation sites excluding steroid dienone is 1. The normalized spacial score (nSPS) is 13.2. The van der Waals surface area contributed by atoms with Crippen LogP contribution in [0.3, 0.4) is 0 Å². The van der Waals surface area contributed by atoms with Crippen LogP contribution in [0.5, 0.6) is 0 Å². The second kappa shape index (κ2) is 12.0. The van der Waals surface area contributed by atoms with Gasteiger partial charge in [0.1, 0.15) is 23.6 Å². The highest BCUT2D eigenvalue weighted by Crippen LogP contribution is 2.21. The van der Waals surface area contributed by atoms with Crippen molar-refractivity contribution in [2.24, 2.45) is 4.99 Å². The van der Waals surface area contributed by atoms with Crippen LogP contribution in [0.25, 0.3) is 0 Å². The van der Waals surface area contributed by atoms with Gasteiger partial charge in [0.2, 0.25) is 0 Å². The summed E-state index contributed by atoms with van der Waals surface area (Å²) in [5.74, 6) is -0.212. The fraction of sp³-hybridized carbons (Fsp3) is 0.471. The van der Waals surface area contributed by atoms with Gasteiger partial charge in [-0.1, -0.05) is 31.8 Å². The van der Waals surface area contributed by atoms with Crippen molar-refractivity contribution in [2.45, 2.75) is 32.2 Å². The van der Waals surface area contributed by atoms with Crippen LogP contribution in [0.4, 0.5) is 4.39 Å². The largest absolute Gasteiger partial charge is 0.481 e. The first kappa shape index (κ1) is 24.5. The number of amidine groups is 2. The molecule has 27 heavy (non-hydrogen) atoms. The highest BCUT2D eigenvalue weighted by molar-refractivity contribution is 8.14. The van der Waals surface area contributed by atoms with Crippen molar-refractivity contribution in [2.75, 3.05) is 21.1 Å². The number of thioether (sulfide) groups is 1. The number of nitrogens with one attached hydrogen (secondary N) is 2. The maximum Gasteiger partial charge on any atom is 0.311 e. The van der Waals surface area contributed by atoms with Gasteiger partial charge in [0.05, 0.1) is 5.70 Å². The summed E-state index contributed by atoms with van der Waals surface area (Å²) in [6.45, 7) is 10.5. The number of halogens is 1. The molecule has 0 aliphatic heterocycles. The number of alkyl halides is 1. The van der Waals surface area contributed by atoms with E-state index in [9.17, 15) is 9.18 Å². The quantitative estimate of drug-likeness (QED) is 0.295. The van der Waals surface area contributed by atoms with Crippen LogP contribution in [-0.2, 0) is 4.79 Å². The zero-order chi connectivity index (χ0) is 21.1. The molecule has 0 saturated carbocycles. The van der Waals surface area contributed by atoms with E-state index in [0.717, 1.165) is 17.5 Å². The standard InChI is InChI=1S/C17H29FN6O2S/c1-8-13(16(21-10-3)22(5)17(19)27-12(4)18)23(6)24(7)14(20-9-2)11-15(25)26/h9-10,12,19,21H,2-3,8,11H2,1,4-7H3,(H,25,26)/b16-13+,19-17?,20-14-. The minimum atomic E-state index is -1.22. The van der Waals surface area contributed by atoms with Crippen molar-refractivity contribution < 1.29 is 14.3 Å². The molecule has 0 heterocycles. The Morgan fingerprint density at radius 2 is 1.96 bits per heavy atom. The molecule has 8 nitrogen and oxygen atoms in total. The van der Waals surface area contributed by atoms with Gasteiger partial charge in [-0.05, 0) is 19.5 Å². The first-order valence-corrected chi connectivity index (χ1v) is 9.08. The van der Waals surface area contributed by atoms with Crippen LogP contribution in [0, 0.1) is 5.41 Å². The second-order valence-electron chi connectivity index (χ2n) is 5.37. The van der Waals surface area contributed by atoms with E-state index in [1.54, 1.807) is 31.2 Å². The third-order valence-corrected chi connectivity index (χ3v) is 4.35. The highest BCUT2D eigenvalue weighted by atomic mass is 32.2. The molecular weight excluding hydrogens is 371 g/mol. The van der Waals surface area contributed by atoms with Crippen molar-refractivity contribution in [3.63, 3.8) is 0 Å². The van der Waals surface area contributed by atoms with Crippen molar-refractivity contribution in [1.82, 2.24) is 20.2 Å². The lowest BCUT2D eigenvalue weighted by atomic mass is 10.3. The Morgan fingerprint density at radius 3 is 2.37 bits per heavy atom. The van der Waals surface area contributed by atoms with Gasteiger partial charge in [0.15, 0.2) is 5.17 Å². The SMILES string of the molecule is C=C/N=C(/CC(=O)O)N(C)N(C)/C(CC)=C(\NC=C)N(C)C(=N)SC(C)F. The summed E-state index contributed by atoms with van der Waals surface area (Å²) in [5, 5.41) is 23.5. The van der Waals surface area contributed by atoms with Crippen LogP contribution in [0.2, 0.25) is 0 Å². The van der Waals surface area contributed by atoms with Crippen molar-refractivity contribution >= 4 is 28.7 Å². The highest BCUT2D eigenvalue weighted by Gasteiger charge is 2.22. The Bertz CT molecular complexity index is 621. The molecule has 0 spiro atoms. The first-order valence-electron chi connectivity index (χ1n) is 8.20. The zero-order valence-electron chi connectivity index (χ0n) is 16.5. The molecule has 0 bridgehead atoms. The van der Waals surface area contributed by atoms with Gasteiger partial charge in [-0.25, -0.2) is 9.38 Å². The number of nitrogens with zero attached hydrogens (tertiary/aromatic N) is 4. The lowest BCUT2D eigenvalue weighted by Gasteiger charge is -2.36. The van der Waals surface area contributed by atoms with E-state index in [1.807, 2.05) is 6.92 Å². The molecule has 0 aliphatic carbocycles. The van der Waals surface area contributed by atoms with E-state index < -0.39 is 11.5 Å². The number of aliphatic imine (C=N–C) groups is 1. The number of hydrazine groups is 1. The van der Waals surface area contributed by atoms with E-state index in [1.165, 1.54) is 24.2 Å². The first-order chi connectivity index (χ1) is 12.6. The molecule has 0 aromatic rings. The predicted molar refractivity (Wildman–Crippen MR) is 110 cm³/mol. The lowest BCUT2D eigenvalue weighted by molar-refractivity contribution is -0.135. The number of carbonyl (C=O) groups is 1. The smallest absolute Gasteiger partial charge is 0.311 e. The summed E-state index contributed by atoms with van der Waals surface area (Å²) < 4.78 is 13.3. The Kier molecular flexibility index (Phi) is 10.9. The molecule has 0 saturated heterocycles. The fourth-order valence-corrected chi connectivity index (χ4v) is 2.75. The molecule has 0 aromatic carbocycles. The molecular formula is C17H29FN6O2S. The monoisotopic (exact) mass is 400 g/mol. The molecule has 1 atom stereocenters. The molecule has 1 unspecified atom stereocenters. The van der Waals surface area contributed by atoms with Crippen molar-refractivity contribution in [3.8, 4) is 0 Å². The van der Waals surface area contributed by atoms with Gasteiger partial charge >= 0.3 is 5.97 Å². The van der Waals surface area contributed by atoms with E-state index >= 15 is 0 Å². The number of hydrogen-bond donors (Lipinski definition) is 3. The Labute approximate surface area is 164 Å². The number of rotatable bonds is 10. The summed E-state index contributed by atoms with van der Waals surface area (Å²) >= 11 is 0.775. The van der Waals surface area contributed by atoms with Crippen LogP contribution in [0.15, 0.2) is 42.1 Å². The minimum Gasteiger partial charge on any atom is -0.481 e. The van der Waals surface area contributed by atoms with Crippen LogP contribution < -0.4 is 5.32 Å². The third kappa shape index (κ3) is 7.73. The van der Waals surface area contributed by atoms with Crippen LogP contribution >= 0.6 is 11.8 Å². The molecule has 0 fully saturated rings. The maximum absolute atomic E-state index is 13.3. The van der Waals surface area contributed by atoms with Crippen LogP contribution in [-0.4, -0.2) is 63.6 Å². The number of carboxylic acid groups (broad SMARTS) is 1. The summed E-state index contributed by atoms with van der Waals surface area (Å²) in [6.07, 6.45) is 3.00. The summed E-state index contributed by atoms with van der Waals surface area (Å²) in [5.41, 5.74) is -0.504. The summed E-state index contributed by atoms with van der Waals surface area (Å²) in [6, 6.07) is 0. The topological polar surface area (TPSA) is 95.3 Å². The summed E-state index contributed by atoms with van der Waals surface area (Å²) in [4.78, 5) is 16.7. The van der Waals surface area contributed by atoms with Gasteiger partial charge in [0.25, 0.3) is 0 Å². The van der Waals surface area contributed by atoms with Gasteiger partial charge in [-0.3, -0.25) is 20.2 Å². The Balaban J connectivity index is 5.97. The zero-order valence-corrected chi connectivity index (χ0v) is 17.3. The lowest BCUT2D eigenvalue weighted by Crippen LogP contribution is -2.44. The Morgan fingerprint density at radius 1 is 1.37 bits per heavy atom. The van der Waals surface area contributed by atoms with E-state index in [-0.39, 0.29) is 17.4 Å². The average Bonchev–Trinajstić information content (AvgIpc) is 2.58. The maximum atomic E-state index is 13.3. The van der Waals surface area contributed by atoms with Crippen molar-refractivity contribution in [1.29, 1.82) is 5.41 Å². The van der Waals surface area contributed by atoms with E-state index in [0.29, 0.717) is 12.2 Å². The third-order valence-electron chi connectivity index (χ3n) is 3.52. The Hall–Kier alpha value is -2.49. The van der Waals surface area contributed by atoms with Gasteiger partial charge < -0.3 is 15.3 Å². The van der Waals surface area contributed by atoms with Gasteiger partial charge in [0, 0.05) is 27.3 Å². The van der Waals surface area contributed by atoms with Gasteiger partial charge in [-0.2, -0.15) is 0 Å². The average molecular weight is 401 g/mol. The van der Waals surface area contributed by atoms with Crippen LogP contribution in [0.1, 0.15) is 26.7 Å². The number of aliphatic carboxylic acids is 1. The van der Waals surface area contributed by atoms with E-state index in [2.05, 4.69) is 23.5 Å². The minimum absolute atomic E-state index is 0.0156. The molecule has 152 valence electrons. The molecule has 0 aliphatic rings. The molecule has 3 N–H and O–H groups in total. The summed E-state index contributed by atoms with van der Waals surface area (Å²) in [7, 11) is 5.06. The predicted octanol–water partition coefficient (Wildman–Crippen LogP) is 3.01. The second-order valence-corrected chi connectivity index (χ2v) is 6.64. The molecule has 10 heteroatoms. The van der Waals surface area contributed by atoms with E-state index in [4.69, 9.17) is 10.5 Å². The molecule has 0 radical (unpaired) electrons. The van der Waals surface area contributed by atoms with Crippen molar-refractivity contribution in [3.05, 3.63) is 37.1 Å². The number of carboxylic acids is 1. The molecule has 0 rings (SSSR count). The fourth-order valence-electron chi connectivity index (χ4n) is 2.19. The van der Waals surface area contributed by atoms with Gasteiger partial charge in [-0.15, -0.1) is 0 Å². The number of hydrogen-bond acceptors (Lipinski definition) is 6. The molecule has 0 amide bonds.